The number of anilines is 3. The Hall–Kier alpha value is -3.33. The van der Waals surface area contributed by atoms with Crippen LogP contribution in [0.3, 0.4) is 0 Å². The van der Waals surface area contributed by atoms with Crippen LogP contribution in [0.2, 0.25) is 0 Å². The number of rotatable bonds is 7. The zero-order valence-corrected chi connectivity index (χ0v) is 19.5. The first-order valence-electron chi connectivity index (χ1n) is 11.1. The Labute approximate surface area is 197 Å². The number of aromatic nitrogens is 3. The fourth-order valence-corrected chi connectivity index (χ4v) is 4.41. The van der Waals surface area contributed by atoms with Crippen LogP contribution in [-0.2, 0) is 11.8 Å². The summed E-state index contributed by atoms with van der Waals surface area (Å²) in [7, 11) is 1.83. The van der Waals surface area contributed by atoms with Gasteiger partial charge in [-0.1, -0.05) is 24.6 Å². The molecule has 1 aromatic heterocycles. The Balaban J connectivity index is 1.28. The number of nitrogens with zero attached hydrogens (tertiary/aromatic N) is 4. The monoisotopic (exact) mass is 464 g/mol. The third kappa shape index (κ3) is 6.35. The van der Waals surface area contributed by atoms with E-state index in [0.717, 1.165) is 18.8 Å². The summed E-state index contributed by atoms with van der Waals surface area (Å²) >= 11 is 1.31. The van der Waals surface area contributed by atoms with Crippen LogP contribution < -0.4 is 15.5 Å². The number of amides is 2. The third-order valence-electron chi connectivity index (χ3n) is 5.53. The smallest absolute Gasteiger partial charge is 0.255 e. The molecule has 3 aromatic rings. The second-order valence-corrected chi connectivity index (χ2v) is 8.98. The van der Waals surface area contributed by atoms with Crippen molar-refractivity contribution < 1.29 is 9.59 Å². The average molecular weight is 465 g/mol. The summed E-state index contributed by atoms with van der Waals surface area (Å²) in [6.45, 7) is 2.18. The van der Waals surface area contributed by atoms with Crippen molar-refractivity contribution in [2.24, 2.45) is 7.05 Å². The van der Waals surface area contributed by atoms with Gasteiger partial charge in [0.15, 0.2) is 5.16 Å². The molecular formula is C24H28N6O2S. The van der Waals surface area contributed by atoms with Gasteiger partial charge in [0.05, 0.1) is 5.75 Å². The fourth-order valence-electron chi connectivity index (χ4n) is 3.72. The van der Waals surface area contributed by atoms with Gasteiger partial charge in [-0.2, -0.15) is 0 Å². The van der Waals surface area contributed by atoms with E-state index >= 15 is 0 Å². The van der Waals surface area contributed by atoms with E-state index in [-0.39, 0.29) is 17.6 Å². The molecule has 0 atom stereocenters. The van der Waals surface area contributed by atoms with Gasteiger partial charge in [0.2, 0.25) is 5.91 Å². The highest BCUT2D eigenvalue weighted by Crippen LogP contribution is 2.22. The largest absolute Gasteiger partial charge is 0.372 e. The maximum Gasteiger partial charge on any atom is 0.255 e. The van der Waals surface area contributed by atoms with Crippen LogP contribution in [-0.4, -0.2) is 45.4 Å². The molecule has 172 valence electrons. The quantitative estimate of drug-likeness (QED) is 0.510. The van der Waals surface area contributed by atoms with Crippen LogP contribution in [0.4, 0.5) is 17.1 Å². The summed E-state index contributed by atoms with van der Waals surface area (Å²) in [5.74, 6) is -0.111. The minimum Gasteiger partial charge on any atom is -0.372 e. The van der Waals surface area contributed by atoms with Gasteiger partial charge < -0.3 is 20.1 Å². The van der Waals surface area contributed by atoms with Gasteiger partial charge in [-0.25, -0.2) is 0 Å². The maximum atomic E-state index is 12.6. The summed E-state index contributed by atoms with van der Waals surface area (Å²) in [4.78, 5) is 27.2. The highest BCUT2D eigenvalue weighted by molar-refractivity contribution is 7.99. The maximum absolute atomic E-state index is 12.6. The number of benzene rings is 2. The summed E-state index contributed by atoms with van der Waals surface area (Å²) < 4.78 is 1.76. The summed E-state index contributed by atoms with van der Waals surface area (Å²) in [6.07, 6.45) is 6.66. The van der Waals surface area contributed by atoms with Crippen molar-refractivity contribution in [3.63, 3.8) is 0 Å². The lowest BCUT2D eigenvalue weighted by Crippen LogP contribution is -2.23. The number of carbonyl (C=O) groups is 2. The number of carbonyl (C=O) groups excluding carboxylic acids is 2. The van der Waals surface area contributed by atoms with Crippen molar-refractivity contribution in [1.29, 1.82) is 0 Å². The molecule has 1 fully saturated rings. The van der Waals surface area contributed by atoms with Crippen LogP contribution in [0.25, 0.3) is 0 Å². The van der Waals surface area contributed by atoms with Crippen LogP contribution in [0.1, 0.15) is 36.0 Å². The molecule has 4 rings (SSSR count). The van der Waals surface area contributed by atoms with Crippen LogP contribution in [0.15, 0.2) is 60.0 Å². The molecule has 8 nitrogen and oxygen atoms in total. The van der Waals surface area contributed by atoms with Crippen molar-refractivity contribution in [2.45, 2.75) is 30.8 Å². The lowest BCUT2D eigenvalue weighted by Gasteiger charge is -2.22. The van der Waals surface area contributed by atoms with Gasteiger partial charge in [0.1, 0.15) is 6.33 Å². The molecule has 0 radical (unpaired) electrons. The normalized spacial score (nSPS) is 13.9. The lowest BCUT2D eigenvalue weighted by atomic mass is 10.2. The summed E-state index contributed by atoms with van der Waals surface area (Å²) in [5.41, 5.74) is 3.12. The number of nitrogens with one attached hydrogen (secondary N) is 2. The average Bonchev–Trinajstić information content (AvgIpc) is 3.06. The van der Waals surface area contributed by atoms with E-state index in [1.54, 1.807) is 35.2 Å². The number of hydrogen-bond acceptors (Lipinski definition) is 6. The van der Waals surface area contributed by atoms with Gasteiger partial charge in [0.25, 0.3) is 5.91 Å². The molecule has 0 saturated carbocycles. The van der Waals surface area contributed by atoms with Gasteiger partial charge in [0, 0.05) is 42.8 Å². The molecule has 2 aromatic carbocycles. The predicted molar refractivity (Wildman–Crippen MR) is 132 cm³/mol. The van der Waals surface area contributed by atoms with E-state index in [1.807, 2.05) is 19.2 Å². The number of thioether (sulfide) groups is 1. The van der Waals surface area contributed by atoms with E-state index < -0.39 is 0 Å². The highest BCUT2D eigenvalue weighted by atomic mass is 32.2. The number of hydrogen-bond donors (Lipinski definition) is 2. The van der Waals surface area contributed by atoms with Crippen molar-refractivity contribution >= 4 is 40.6 Å². The van der Waals surface area contributed by atoms with Gasteiger partial charge in [-0.05, 0) is 61.4 Å². The zero-order chi connectivity index (χ0) is 23.0. The fraction of sp³-hybridized carbons (Fsp3) is 0.333. The molecule has 2 heterocycles. The molecule has 0 unspecified atom stereocenters. The molecule has 2 amide bonds. The first kappa shape index (κ1) is 22.8. The summed E-state index contributed by atoms with van der Waals surface area (Å²) in [5, 5.41) is 14.2. The van der Waals surface area contributed by atoms with Crippen molar-refractivity contribution in [3.8, 4) is 0 Å². The Morgan fingerprint density at radius 1 is 0.909 bits per heavy atom. The van der Waals surface area contributed by atoms with Gasteiger partial charge >= 0.3 is 0 Å². The highest BCUT2D eigenvalue weighted by Gasteiger charge is 2.12. The molecule has 1 aliphatic rings. The van der Waals surface area contributed by atoms with E-state index in [9.17, 15) is 9.59 Å². The Morgan fingerprint density at radius 3 is 2.18 bits per heavy atom. The first-order valence-corrected chi connectivity index (χ1v) is 12.1. The molecule has 1 aliphatic heterocycles. The van der Waals surface area contributed by atoms with Crippen LogP contribution in [0.5, 0.6) is 0 Å². The SMILES string of the molecule is Cn1cnnc1SCC(=O)Nc1ccc(C(=O)Nc2ccc(N3CCCCCC3)cc2)cc1. The van der Waals surface area contributed by atoms with E-state index in [1.165, 1.54) is 43.1 Å². The third-order valence-corrected chi connectivity index (χ3v) is 6.56. The van der Waals surface area contributed by atoms with Gasteiger partial charge in [-0.15, -0.1) is 10.2 Å². The zero-order valence-electron chi connectivity index (χ0n) is 18.7. The molecule has 1 saturated heterocycles. The second-order valence-electron chi connectivity index (χ2n) is 8.04. The standard InChI is InChI=1S/C24H28N6O2S/c1-29-17-25-28-24(29)33-16-22(31)26-19-8-6-18(7-9-19)23(32)27-20-10-12-21(13-11-20)30-14-4-2-3-5-15-30/h6-13,17H,2-5,14-16H2,1H3,(H,26,31)(H,27,32). The van der Waals surface area contributed by atoms with Gasteiger partial charge in [-0.3, -0.25) is 9.59 Å². The predicted octanol–water partition coefficient (Wildman–Crippen LogP) is 4.18. The van der Waals surface area contributed by atoms with E-state index in [2.05, 4.69) is 37.9 Å². The molecule has 33 heavy (non-hydrogen) atoms. The molecular weight excluding hydrogens is 436 g/mol. The molecule has 0 spiro atoms. The minimum atomic E-state index is -0.187. The molecule has 9 heteroatoms. The second kappa shape index (κ2) is 11.0. The molecule has 2 N–H and O–H groups in total. The topological polar surface area (TPSA) is 92.1 Å². The van der Waals surface area contributed by atoms with Crippen molar-refractivity contribution in [2.75, 3.05) is 34.4 Å². The van der Waals surface area contributed by atoms with Crippen molar-refractivity contribution in [1.82, 2.24) is 14.8 Å². The Bertz CT molecular complexity index is 1070. The first-order chi connectivity index (χ1) is 16.1. The summed E-state index contributed by atoms with van der Waals surface area (Å²) in [6, 6.07) is 14.9. The number of aryl methyl sites for hydroxylation is 1. The van der Waals surface area contributed by atoms with E-state index in [0.29, 0.717) is 16.4 Å². The van der Waals surface area contributed by atoms with Crippen LogP contribution in [0, 0.1) is 0 Å². The lowest BCUT2D eigenvalue weighted by molar-refractivity contribution is -0.113. The Morgan fingerprint density at radius 2 is 1.55 bits per heavy atom. The molecule has 0 bridgehead atoms. The van der Waals surface area contributed by atoms with Crippen LogP contribution >= 0.6 is 11.8 Å². The Kier molecular flexibility index (Phi) is 7.62. The van der Waals surface area contributed by atoms with Crippen molar-refractivity contribution in [3.05, 3.63) is 60.4 Å². The van der Waals surface area contributed by atoms with E-state index in [4.69, 9.17) is 0 Å². The minimum absolute atomic E-state index is 0.148. The molecule has 0 aliphatic carbocycles.